The van der Waals surface area contributed by atoms with E-state index in [-0.39, 0.29) is 0 Å². The van der Waals surface area contributed by atoms with Crippen LogP contribution in [-0.2, 0) is 6.42 Å². The van der Waals surface area contributed by atoms with Crippen LogP contribution in [0.1, 0.15) is 23.1 Å². The number of rotatable bonds is 7. The Balaban J connectivity index is 1.66. The second-order valence-electron chi connectivity index (χ2n) is 6.48. The Labute approximate surface area is 178 Å². The summed E-state index contributed by atoms with van der Waals surface area (Å²) in [5.74, 6) is 3.07. The second kappa shape index (κ2) is 8.54. The molecule has 0 aliphatic carbocycles. The fraction of sp³-hybridized carbons (Fsp3) is 0.227. The lowest BCUT2D eigenvalue weighted by Gasteiger charge is -2.12. The third kappa shape index (κ3) is 3.73. The van der Waals surface area contributed by atoms with E-state index in [1.165, 1.54) is 11.3 Å². The van der Waals surface area contributed by atoms with Crippen LogP contribution in [0, 0.1) is 0 Å². The van der Waals surface area contributed by atoms with Crippen LogP contribution in [0.15, 0.2) is 36.4 Å². The molecule has 0 atom stereocenters. The molecule has 0 bridgehead atoms. The highest BCUT2D eigenvalue weighted by Crippen LogP contribution is 2.31. The van der Waals surface area contributed by atoms with E-state index in [4.69, 9.17) is 14.2 Å². The first-order valence-corrected chi connectivity index (χ1v) is 10.3. The molecule has 4 aromatic rings. The fourth-order valence-electron chi connectivity index (χ4n) is 3.18. The number of hydrogen-bond acceptors (Lipinski definition) is 7. The lowest BCUT2D eigenvalue weighted by atomic mass is 10.1. The number of benzene rings is 2. The molecular weight excluding hydrogens is 400 g/mol. The van der Waals surface area contributed by atoms with Gasteiger partial charge in [-0.3, -0.25) is 0 Å². The van der Waals surface area contributed by atoms with E-state index in [2.05, 4.69) is 28.3 Å². The van der Waals surface area contributed by atoms with Gasteiger partial charge < -0.3 is 14.2 Å². The summed E-state index contributed by atoms with van der Waals surface area (Å²) in [4.78, 5) is 0.733. The van der Waals surface area contributed by atoms with Crippen molar-refractivity contribution in [1.29, 1.82) is 0 Å². The van der Waals surface area contributed by atoms with Gasteiger partial charge in [0.05, 0.1) is 21.3 Å². The van der Waals surface area contributed by atoms with Gasteiger partial charge in [-0.25, -0.2) is 0 Å². The molecule has 30 heavy (non-hydrogen) atoms. The van der Waals surface area contributed by atoms with Gasteiger partial charge in [0.1, 0.15) is 22.3 Å². The molecule has 2 heterocycles. The van der Waals surface area contributed by atoms with Gasteiger partial charge in [0.25, 0.3) is 0 Å². The number of methoxy groups -OCH3 is 3. The highest BCUT2D eigenvalue weighted by atomic mass is 32.1. The van der Waals surface area contributed by atoms with Crippen LogP contribution in [0.25, 0.3) is 28.5 Å². The Morgan fingerprint density at radius 3 is 2.37 bits per heavy atom. The van der Waals surface area contributed by atoms with Crippen molar-refractivity contribution in [3.05, 3.63) is 52.5 Å². The van der Waals surface area contributed by atoms with Gasteiger partial charge in [0, 0.05) is 17.2 Å². The fourth-order valence-corrected chi connectivity index (χ4v) is 3.92. The van der Waals surface area contributed by atoms with Crippen molar-refractivity contribution in [1.82, 2.24) is 19.8 Å². The Bertz CT molecular complexity index is 1200. The summed E-state index contributed by atoms with van der Waals surface area (Å²) in [5.41, 5.74) is 3.02. The van der Waals surface area contributed by atoms with E-state index in [1.807, 2.05) is 42.5 Å². The molecule has 0 saturated heterocycles. The predicted octanol–water partition coefficient (Wildman–Crippen LogP) is 4.61. The summed E-state index contributed by atoms with van der Waals surface area (Å²) in [6, 6.07) is 11.7. The molecule has 4 rings (SSSR count). The number of aromatic nitrogens is 4. The summed E-state index contributed by atoms with van der Waals surface area (Å²) in [5, 5.41) is 14.0. The average molecular weight is 423 g/mol. The van der Waals surface area contributed by atoms with Crippen molar-refractivity contribution in [3.63, 3.8) is 0 Å². The zero-order chi connectivity index (χ0) is 21.1. The topological polar surface area (TPSA) is 70.8 Å². The molecule has 0 amide bonds. The Morgan fingerprint density at radius 2 is 1.70 bits per heavy atom. The molecule has 0 N–H and O–H groups in total. The second-order valence-corrected chi connectivity index (χ2v) is 7.47. The molecule has 154 valence electrons. The van der Waals surface area contributed by atoms with Gasteiger partial charge >= 0.3 is 0 Å². The molecule has 8 heteroatoms. The molecule has 2 aromatic heterocycles. The molecule has 2 aromatic carbocycles. The van der Waals surface area contributed by atoms with Gasteiger partial charge in [-0.15, -0.1) is 10.2 Å². The van der Waals surface area contributed by atoms with Gasteiger partial charge in [0.2, 0.25) is 4.96 Å². The lowest BCUT2D eigenvalue weighted by Crippen LogP contribution is -1.95. The molecule has 0 aliphatic heterocycles. The third-order valence-corrected chi connectivity index (χ3v) is 5.64. The van der Waals surface area contributed by atoms with Crippen molar-refractivity contribution in [3.8, 4) is 28.6 Å². The van der Waals surface area contributed by atoms with Crippen LogP contribution in [-0.4, -0.2) is 41.1 Å². The first kappa shape index (κ1) is 19.9. The van der Waals surface area contributed by atoms with E-state index >= 15 is 0 Å². The number of aryl methyl sites for hydroxylation is 1. The zero-order valence-corrected chi connectivity index (χ0v) is 18.1. The van der Waals surface area contributed by atoms with Crippen LogP contribution in [0.4, 0.5) is 0 Å². The number of hydrogen-bond donors (Lipinski definition) is 0. The average Bonchev–Trinajstić information content (AvgIpc) is 3.37. The van der Waals surface area contributed by atoms with Crippen LogP contribution in [0.5, 0.6) is 17.2 Å². The van der Waals surface area contributed by atoms with Gasteiger partial charge in [-0.2, -0.15) is 9.61 Å². The normalized spacial score (nSPS) is 11.3. The maximum Gasteiger partial charge on any atom is 0.235 e. The van der Waals surface area contributed by atoms with E-state index < -0.39 is 0 Å². The summed E-state index contributed by atoms with van der Waals surface area (Å²) < 4.78 is 18.0. The van der Waals surface area contributed by atoms with Crippen molar-refractivity contribution in [2.75, 3.05) is 21.3 Å². The van der Waals surface area contributed by atoms with E-state index in [0.717, 1.165) is 50.3 Å². The largest absolute Gasteiger partial charge is 0.497 e. The number of fused-ring (bicyclic) bond motifs is 1. The highest BCUT2D eigenvalue weighted by molar-refractivity contribution is 7.17. The molecular formula is C22H22N4O3S. The minimum Gasteiger partial charge on any atom is -0.497 e. The van der Waals surface area contributed by atoms with Gasteiger partial charge in [-0.05, 0) is 54.5 Å². The van der Waals surface area contributed by atoms with Gasteiger partial charge in [-0.1, -0.05) is 18.3 Å². The van der Waals surface area contributed by atoms with E-state index in [9.17, 15) is 0 Å². The first-order chi connectivity index (χ1) is 14.7. The summed E-state index contributed by atoms with van der Waals surface area (Å²) in [6.07, 6.45) is 4.83. The summed E-state index contributed by atoms with van der Waals surface area (Å²) >= 11 is 1.47. The molecule has 0 radical (unpaired) electrons. The molecule has 0 saturated carbocycles. The monoisotopic (exact) mass is 422 g/mol. The highest BCUT2D eigenvalue weighted by Gasteiger charge is 2.13. The van der Waals surface area contributed by atoms with Crippen LogP contribution < -0.4 is 14.2 Å². The molecule has 0 unspecified atom stereocenters. The van der Waals surface area contributed by atoms with Gasteiger partial charge in [0.15, 0.2) is 5.82 Å². The summed E-state index contributed by atoms with van der Waals surface area (Å²) in [6.45, 7) is 2.10. The lowest BCUT2D eigenvalue weighted by molar-refractivity contribution is 0.391. The van der Waals surface area contributed by atoms with E-state index in [0.29, 0.717) is 5.82 Å². The predicted molar refractivity (Wildman–Crippen MR) is 118 cm³/mol. The smallest absolute Gasteiger partial charge is 0.235 e. The maximum absolute atomic E-state index is 5.53. The molecule has 7 nitrogen and oxygen atoms in total. The van der Waals surface area contributed by atoms with Crippen molar-refractivity contribution in [2.24, 2.45) is 0 Å². The van der Waals surface area contributed by atoms with Crippen molar-refractivity contribution >= 4 is 28.4 Å². The standard InChI is InChI=1S/C22H22N4O3S/c1-5-14-12-16(19(29-4)13-18(14)28-3)8-11-20-25-26-21(23-24-22(26)30-20)15-6-9-17(27-2)10-7-15/h6-13H,5H2,1-4H3/b11-8+. The SMILES string of the molecule is CCc1cc(/C=C/c2nn3c(-c4ccc(OC)cc4)nnc3s2)c(OC)cc1OC. The van der Waals surface area contributed by atoms with Crippen LogP contribution in [0.3, 0.4) is 0 Å². The number of nitrogens with zero attached hydrogens (tertiary/aromatic N) is 4. The Morgan fingerprint density at radius 1 is 0.933 bits per heavy atom. The Kier molecular flexibility index (Phi) is 5.67. The maximum atomic E-state index is 5.53. The minimum atomic E-state index is 0.693. The van der Waals surface area contributed by atoms with E-state index in [1.54, 1.807) is 25.8 Å². The van der Waals surface area contributed by atoms with Crippen LogP contribution >= 0.6 is 11.3 Å². The minimum absolute atomic E-state index is 0.693. The van der Waals surface area contributed by atoms with Crippen LogP contribution in [0.2, 0.25) is 0 Å². The quantitative estimate of drug-likeness (QED) is 0.433. The molecule has 0 fully saturated rings. The van der Waals surface area contributed by atoms with Crippen molar-refractivity contribution in [2.45, 2.75) is 13.3 Å². The Hall–Kier alpha value is -3.39. The molecule has 0 spiro atoms. The zero-order valence-electron chi connectivity index (χ0n) is 17.2. The third-order valence-electron chi connectivity index (χ3n) is 4.77. The first-order valence-electron chi connectivity index (χ1n) is 9.46. The molecule has 0 aliphatic rings. The summed E-state index contributed by atoms with van der Waals surface area (Å²) in [7, 11) is 4.97. The van der Waals surface area contributed by atoms with Crippen molar-refractivity contribution < 1.29 is 14.2 Å². The number of ether oxygens (including phenoxy) is 3.